The van der Waals surface area contributed by atoms with Gasteiger partial charge in [-0.3, -0.25) is 0 Å². The maximum absolute atomic E-state index is 6.05. The molecule has 184 valence electrons. The second-order valence-corrected chi connectivity index (χ2v) is 10.1. The van der Waals surface area contributed by atoms with Crippen LogP contribution in [-0.2, 0) is 6.54 Å². The molecule has 6 heteroatoms. The number of hydrogen-bond donors (Lipinski definition) is 1. The fourth-order valence-corrected chi connectivity index (χ4v) is 4.99. The lowest BCUT2D eigenvalue weighted by molar-refractivity contribution is 0.180. The van der Waals surface area contributed by atoms with Crippen molar-refractivity contribution in [3.8, 4) is 5.75 Å². The number of nitrogens with zero attached hydrogens (tertiary/aromatic N) is 3. The van der Waals surface area contributed by atoms with Gasteiger partial charge in [0.25, 0.3) is 0 Å². The normalized spacial score (nSPS) is 16.5. The van der Waals surface area contributed by atoms with E-state index in [1.165, 1.54) is 58.2 Å². The molecule has 1 aromatic heterocycles. The number of aryl methyl sites for hydroxylation is 1. The number of rotatable bonds is 12. The van der Waals surface area contributed by atoms with Gasteiger partial charge < -0.3 is 15.0 Å². The number of likely N-dealkylation sites (tertiary alicyclic amines) is 1. The fraction of sp³-hybridized carbons (Fsp3) is 0.517. The minimum atomic E-state index is 0.659. The Balaban J connectivity index is 1.20. The molecule has 1 atom stereocenters. The highest BCUT2D eigenvalue weighted by Gasteiger charge is 2.15. The van der Waals surface area contributed by atoms with Crippen LogP contribution in [0.5, 0.6) is 5.75 Å². The average molecular weight is 470 g/mol. The van der Waals surface area contributed by atoms with Crippen molar-refractivity contribution in [2.75, 3.05) is 31.6 Å². The molecule has 1 N–H and O–H groups in total. The topological polar surface area (TPSA) is 50.3 Å². The summed E-state index contributed by atoms with van der Waals surface area (Å²) >= 11 is 0. The van der Waals surface area contributed by atoms with E-state index in [1.807, 2.05) is 43.3 Å². The van der Waals surface area contributed by atoms with Crippen LogP contribution in [0.25, 0.3) is 10.9 Å². The van der Waals surface area contributed by atoms with Crippen LogP contribution in [0.2, 0.25) is 0 Å². The molecule has 0 bridgehead atoms. The molecule has 4 rings (SSSR count). The molecule has 0 spiro atoms. The first-order chi connectivity index (χ1) is 17.1. The predicted octanol–water partition coefficient (Wildman–Crippen LogP) is 5.41. The molecule has 35 heavy (non-hydrogen) atoms. The largest absolute Gasteiger partial charge is 0.494 e. The molecule has 3 aromatic rings. The number of fused-ring (bicyclic) bond motifs is 1. The van der Waals surface area contributed by atoms with Gasteiger partial charge in [0.15, 0.2) is 0 Å². The molecule has 1 aliphatic heterocycles. The van der Waals surface area contributed by atoms with Crippen LogP contribution in [0.1, 0.15) is 63.3 Å². The molecule has 0 saturated carbocycles. The quantitative estimate of drug-likeness (QED) is 0.284. The first-order valence-electron chi connectivity index (χ1n) is 13.3. The van der Waals surface area contributed by atoms with E-state index >= 15 is 0 Å². The minimum absolute atomic E-state index is 0.659. The molecule has 1 aliphatic rings. The highest BCUT2D eigenvalue weighted by molar-refractivity contribution is 6.32. The molecule has 1 unspecified atom stereocenters. The second kappa shape index (κ2) is 12.9. The van der Waals surface area contributed by atoms with Gasteiger partial charge in [0, 0.05) is 24.5 Å². The van der Waals surface area contributed by atoms with E-state index in [4.69, 9.17) is 12.6 Å². The summed E-state index contributed by atoms with van der Waals surface area (Å²) in [5.41, 5.74) is 2.79. The first kappa shape index (κ1) is 25.5. The molecule has 0 amide bonds. The van der Waals surface area contributed by atoms with Crippen molar-refractivity contribution in [1.82, 2.24) is 14.9 Å². The van der Waals surface area contributed by atoms with Crippen molar-refractivity contribution in [2.45, 2.75) is 65.3 Å². The third-order valence-electron chi connectivity index (χ3n) is 6.82. The third-order valence-corrected chi connectivity index (χ3v) is 6.82. The van der Waals surface area contributed by atoms with E-state index in [2.05, 4.69) is 33.2 Å². The Kier molecular flexibility index (Phi) is 9.41. The summed E-state index contributed by atoms with van der Waals surface area (Å²) in [7, 11) is 5.90. The van der Waals surface area contributed by atoms with Crippen LogP contribution in [0, 0.1) is 12.8 Å². The van der Waals surface area contributed by atoms with E-state index in [-0.39, 0.29) is 0 Å². The highest BCUT2D eigenvalue weighted by Crippen LogP contribution is 2.25. The fourth-order valence-electron chi connectivity index (χ4n) is 4.99. The average Bonchev–Trinajstić information content (AvgIpc) is 2.84. The minimum Gasteiger partial charge on any atom is -0.494 e. The number of anilines is 1. The third kappa shape index (κ3) is 7.96. The number of nitrogens with one attached hydrogen (secondary N) is 1. The lowest BCUT2D eigenvalue weighted by atomic mass is 9.94. The smallest absolute Gasteiger partial charge is 0.137 e. The summed E-state index contributed by atoms with van der Waals surface area (Å²) in [6, 6.07) is 14.0. The zero-order valence-corrected chi connectivity index (χ0v) is 21.4. The summed E-state index contributed by atoms with van der Waals surface area (Å²) in [6.07, 6.45) is 9.03. The number of unbranched alkanes of at least 4 members (excludes halogenated alkanes) is 4. The second-order valence-electron chi connectivity index (χ2n) is 10.1. The van der Waals surface area contributed by atoms with Crippen molar-refractivity contribution in [3.05, 3.63) is 53.9 Å². The van der Waals surface area contributed by atoms with E-state index in [0.29, 0.717) is 6.54 Å². The summed E-state index contributed by atoms with van der Waals surface area (Å²) in [6.45, 7) is 9.58. The highest BCUT2D eigenvalue weighted by atomic mass is 16.5. The van der Waals surface area contributed by atoms with Crippen LogP contribution < -0.4 is 15.5 Å². The predicted molar refractivity (Wildman–Crippen MR) is 147 cm³/mol. The van der Waals surface area contributed by atoms with Gasteiger partial charge in [-0.15, -0.1) is 0 Å². The number of hydrogen-bond acceptors (Lipinski definition) is 5. The Morgan fingerprint density at radius 1 is 1.06 bits per heavy atom. The lowest BCUT2D eigenvalue weighted by Crippen LogP contribution is -2.34. The lowest BCUT2D eigenvalue weighted by Gasteiger charge is -2.30. The summed E-state index contributed by atoms with van der Waals surface area (Å²) in [5, 5.41) is 4.44. The van der Waals surface area contributed by atoms with Gasteiger partial charge in [-0.25, -0.2) is 9.97 Å². The molecule has 2 heterocycles. The van der Waals surface area contributed by atoms with Crippen LogP contribution in [0.4, 0.5) is 5.82 Å². The standard InChI is InChI=1S/C29H39BN4O/c1-22-10-9-16-34(21-22)15-6-4-3-5-7-17-35-26-13-14-27-28(19-26)32-23(2)33-29(27)31-20-24-11-8-12-25(30)18-24/h8,11-14,18-19,22H,3-7,9-10,15-17,20-21H2,1-2H3,(H,31,32,33). The number of piperidine rings is 1. The monoisotopic (exact) mass is 470 g/mol. The van der Waals surface area contributed by atoms with Gasteiger partial charge in [0.1, 0.15) is 25.2 Å². The number of ether oxygens (including phenoxy) is 1. The maximum atomic E-state index is 6.05. The molecule has 1 saturated heterocycles. The first-order valence-corrected chi connectivity index (χ1v) is 13.3. The number of benzene rings is 2. The van der Waals surface area contributed by atoms with E-state index in [1.54, 1.807) is 0 Å². The van der Waals surface area contributed by atoms with Crippen molar-refractivity contribution < 1.29 is 4.74 Å². The van der Waals surface area contributed by atoms with Gasteiger partial charge >= 0.3 is 0 Å². The van der Waals surface area contributed by atoms with Gasteiger partial charge in [0.05, 0.1) is 12.1 Å². The maximum Gasteiger partial charge on any atom is 0.137 e. The number of aromatic nitrogens is 2. The Morgan fingerprint density at radius 3 is 2.77 bits per heavy atom. The zero-order valence-electron chi connectivity index (χ0n) is 21.4. The van der Waals surface area contributed by atoms with Gasteiger partial charge in [-0.2, -0.15) is 0 Å². The molecular formula is C29H39BN4O. The summed E-state index contributed by atoms with van der Waals surface area (Å²) < 4.78 is 6.05. The Hall–Kier alpha value is -2.60. The van der Waals surface area contributed by atoms with Crippen LogP contribution in [-0.4, -0.2) is 49.0 Å². The zero-order chi connectivity index (χ0) is 24.5. The van der Waals surface area contributed by atoms with Gasteiger partial charge in [0.2, 0.25) is 0 Å². The van der Waals surface area contributed by atoms with Crippen molar-refractivity contribution in [3.63, 3.8) is 0 Å². The van der Waals surface area contributed by atoms with E-state index < -0.39 is 0 Å². The SMILES string of the molecule is [B]c1cccc(CNc2nc(C)nc3cc(OCCCCCCCN4CCCC(C)C4)ccc23)c1. The van der Waals surface area contributed by atoms with E-state index in [9.17, 15) is 0 Å². The van der Waals surface area contributed by atoms with Crippen LogP contribution >= 0.6 is 0 Å². The molecule has 0 aliphatic carbocycles. The molecule has 5 nitrogen and oxygen atoms in total. The molecular weight excluding hydrogens is 431 g/mol. The van der Waals surface area contributed by atoms with Crippen molar-refractivity contribution >= 4 is 30.0 Å². The Labute approximate surface area is 212 Å². The molecule has 2 aromatic carbocycles. The van der Waals surface area contributed by atoms with Crippen LogP contribution in [0.15, 0.2) is 42.5 Å². The van der Waals surface area contributed by atoms with E-state index in [0.717, 1.165) is 58.3 Å². The van der Waals surface area contributed by atoms with Crippen molar-refractivity contribution in [2.24, 2.45) is 5.92 Å². The summed E-state index contributed by atoms with van der Waals surface area (Å²) in [4.78, 5) is 11.9. The Bertz CT molecular complexity index is 1090. The van der Waals surface area contributed by atoms with Gasteiger partial charge in [-0.05, 0) is 69.3 Å². The van der Waals surface area contributed by atoms with Crippen molar-refractivity contribution in [1.29, 1.82) is 0 Å². The molecule has 2 radical (unpaired) electrons. The molecule has 1 fully saturated rings. The summed E-state index contributed by atoms with van der Waals surface area (Å²) in [5.74, 6) is 3.32. The van der Waals surface area contributed by atoms with Gasteiger partial charge in [-0.1, -0.05) is 55.9 Å². The Morgan fingerprint density at radius 2 is 1.91 bits per heavy atom. The van der Waals surface area contributed by atoms with Crippen LogP contribution in [0.3, 0.4) is 0 Å².